The topological polar surface area (TPSA) is 54.0 Å². The molecule has 4 nitrogen and oxygen atoms in total. The molecule has 1 aromatic heterocycles. The van der Waals surface area contributed by atoms with Crippen LogP contribution in [-0.4, -0.2) is 36.0 Å². The number of aromatic nitrogens is 1. The van der Waals surface area contributed by atoms with Gasteiger partial charge in [-0.1, -0.05) is 19.8 Å². The Balaban J connectivity index is 2.31. The van der Waals surface area contributed by atoms with Gasteiger partial charge in [0.2, 0.25) is 0 Å². The molecule has 21 heavy (non-hydrogen) atoms. The first-order valence-electron chi connectivity index (χ1n) is 7.75. The van der Waals surface area contributed by atoms with Crippen molar-refractivity contribution >= 4 is 23.5 Å². The second kappa shape index (κ2) is 11.4. The number of hydrogen-bond donors (Lipinski definition) is 2. The molecule has 0 aliphatic rings. The fraction of sp³-hybridized carbons (Fsp3) is 0.625. The number of thioether (sulfide) groups is 1. The largest absolute Gasteiger partial charge is 0.369 e. The van der Waals surface area contributed by atoms with E-state index < -0.39 is 0 Å². The number of hydrogen-bond acceptors (Lipinski definition) is 4. The van der Waals surface area contributed by atoms with E-state index in [0.717, 1.165) is 25.9 Å². The molecule has 1 rings (SSSR count). The smallest absolute Gasteiger partial charge is 0.255 e. The molecule has 2 N–H and O–H groups in total. The molecule has 0 spiro atoms. The van der Waals surface area contributed by atoms with Crippen molar-refractivity contribution in [1.29, 1.82) is 0 Å². The van der Waals surface area contributed by atoms with Gasteiger partial charge < -0.3 is 10.6 Å². The van der Waals surface area contributed by atoms with Crippen LogP contribution in [0.5, 0.6) is 0 Å². The molecule has 0 unspecified atom stereocenters. The van der Waals surface area contributed by atoms with Gasteiger partial charge in [-0.15, -0.1) is 0 Å². The zero-order valence-corrected chi connectivity index (χ0v) is 14.0. The van der Waals surface area contributed by atoms with Crippen LogP contribution >= 0.6 is 11.8 Å². The Morgan fingerprint density at radius 1 is 1.24 bits per heavy atom. The van der Waals surface area contributed by atoms with E-state index in [4.69, 9.17) is 0 Å². The third-order valence-electron chi connectivity index (χ3n) is 3.16. The summed E-state index contributed by atoms with van der Waals surface area (Å²) in [5.74, 6) is 1.87. The Kier molecular flexibility index (Phi) is 9.70. The molecule has 1 aromatic rings. The number of pyridine rings is 1. The van der Waals surface area contributed by atoms with Gasteiger partial charge in [0.15, 0.2) is 0 Å². The van der Waals surface area contributed by atoms with Crippen molar-refractivity contribution in [3.63, 3.8) is 0 Å². The van der Waals surface area contributed by atoms with Crippen molar-refractivity contribution in [3.8, 4) is 0 Å². The summed E-state index contributed by atoms with van der Waals surface area (Å²) in [5, 5.41) is 6.18. The lowest BCUT2D eigenvalue weighted by Crippen LogP contribution is -2.25. The Labute approximate surface area is 132 Å². The molecule has 0 bridgehead atoms. The Morgan fingerprint density at radius 3 is 2.81 bits per heavy atom. The molecule has 0 aliphatic carbocycles. The normalized spacial score (nSPS) is 10.4. The molecule has 118 valence electrons. The summed E-state index contributed by atoms with van der Waals surface area (Å²) in [7, 11) is 0. The van der Waals surface area contributed by atoms with E-state index in [2.05, 4.69) is 28.8 Å². The third kappa shape index (κ3) is 7.37. The van der Waals surface area contributed by atoms with Crippen LogP contribution in [0.4, 0.5) is 5.82 Å². The Hall–Kier alpha value is -1.23. The Bertz CT molecular complexity index is 412. The lowest BCUT2D eigenvalue weighted by atomic mass is 10.2. The van der Waals surface area contributed by atoms with E-state index in [1.165, 1.54) is 25.0 Å². The number of carbonyl (C=O) groups excluding carboxylic acids is 1. The fourth-order valence-electron chi connectivity index (χ4n) is 1.99. The number of nitrogens with zero attached hydrogens (tertiary/aromatic N) is 1. The van der Waals surface area contributed by atoms with Crippen LogP contribution in [0.15, 0.2) is 18.3 Å². The van der Waals surface area contributed by atoms with Crippen LogP contribution in [0, 0.1) is 0 Å². The molecule has 0 radical (unpaired) electrons. The van der Waals surface area contributed by atoms with Crippen LogP contribution in [-0.2, 0) is 0 Å². The van der Waals surface area contributed by atoms with Gasteiger partial charge in [-0.05, 0) is 43.4 Å². The molecule has 0 atom stereocenters. The number of rotatable bonds is 11. The quantitative estimate of drug-likeness (QED) is 0.614. The van der Waals surface area contributed by atoms with Gasteiger partial charge in [-0.2, -0.15) is 11.8 Å². The van der Waals surface area contributed by atoms with Crippen LogP contribution in [0.2, 0.25) is 0 Å². The standard InChI is InChI=1S/C16H27N3OS/c1-3-10-17-15-14(9-8-12-18-15)16(20)19-11-6-4-5-7-13-21-2/h8-9,12H,3-7,10-11,13H2,1-2H3,(H,17,18)(H,19,20). The first kappa shape index (κ1) is 17.8. The number of amides is 1. The summed E-state index contributed by atoms with van der Waals surface area (Å²) in [6, 6.07) is 3.62. The second-order valence-electron chi connectivity index (χ2n) is 4.99. The lowest BCUT2D eigenvalue weighted by Gasteiger charge is -2.10. The number of unbranched alkanes of at least 4 members (excludes halogenated alkanes) is 3. The summed E-state index contributed by atoms with van der Waals surface area (Å²) < 4.78 is 0. The van der Waals surface area contributed by atoms with E-state index >= 15 is 0 Å². The number of carbonyl (C=O) groups is 1. The molecule has 0 aromatic carbocycles. The minimum atomic E-state index is -0.0363. The average molecular weight is 309 g/mol. The van der Waals surface area contributed by atoms with Crippen LogP contribution in [0.1, 0.15) is 49.4 Å². The van der Waals surface area contributed by atoms with E-state index in [-0.39, 0.29) is 5.91 Å². The first-order valence-corrected chi connectivity index (χ1v) is 9.15. The van der Waals surface area contributed by atoms with E-state index in [1.807, 2.05) is 17.8 Å². The van der Waals surface area contributed by atoms with Crippen LogP contribution in [0.25, 0.3) is 0 Å². The van der Waals surface area contributed by atoms with Crippen molar-refractivity contribution in [2.75, 3.05) is 30.4 Å². The van der Waals surface area contributed by atoms with Crippen molar-refractivity contribution in [1.82, 2.24) is 10.3 Å². The summed E-state index contributed by atoms with van der Waals surface area (Å²) in [4.78, 5) is 16.4. The number of nitrogens with one attached hydrogen (secondary N) is 2. The van der Waals surface area contributed by atoms with Crippen molar-refractivity contribution in [3.05, 3.63) is 23.9 Å². The lowest BCUT2D eigenvalue weighted by molar-refractivity contribution is 0.0953. The van der Waals surface area contributed by atoms with Gasteiger partial charge in [-0.3, -0.25) is 4.79 Å². The molecule has 0 aliphatic heterocycles. The average Bonchev–Trinajstić information content (AvgIpc) is 2.52. The van der Waals surface area contributed by atoms with Crippen molar-refractivity contribution in [2.24, 2.45) is 0 Å². The highest BCUT2D eigenvalue weighted by Gasteiger charge is 2.10. The van der Waals surface area contributed by atoms with Gasteiger partial charge in [0.05, 0.1) is 5.56 Å². The molecular weight excluding hydrogens is 282 g/mol. The van der Waals surface area contributed by atoms with E-state index in [1.54, 1.807) is 12.3 Å². The van der Waals surface area contributed by atoms with Crippen LogP contribution in [0.3, 0.4) is 0 Å². The summed E-state index contributed by atoms with van der Waals surface area (Å²) in [6.45, 7) is 3.65. The minimum Gasteiger partial charge on any atom is -0.369 e. The van der Waals surface area contributed by atoms with Gasteiger partial charge in [0.1, 0.15) is 5.82 Å². The highest BCUT2D eigenvalue weighted by molar-refractivity contribution is 7.98. The van der Waals surface area contributed by atoms with Gasteiger partial charge >= 0.3 is 0 Å². The zero-order chi connectivity index (χ0) is 15.3. The maximum absolute atomic E-state index is 12.2. The van der Waals surface area contributed by atoms with Gasteiger partial charge in [-0.25, -0.2) is 4.98 Å². The maximum atomic E-state index is 12.2. The molecule has 0 saturated heterocycles. The van der Waals surface area contributed by atoms with E-state index in [9.17, 15) is 4.79 Å². The molecular formula is C16H27N3OS. The second-order valence-corrected chi connectivity index (χ2v) is 5.97. The Morgan fingerprint density at radius 2 is 2.05 bits per heavy atom. The summed E-state index contributed by atoms with van der Waals surface area (Å²) in [6.07, 6.45) is 9.58. The summed E-state index contributed by atoms with van der Waals surface area (Å²) >= 11 is 1.89. The third-order valence-corrected chi connectivity index (χ3v) is 3.85. The minimum absolute atomic E-state index is 0.0363. The molecule has 1 heterocycles. The predicted molar refractivity (Wildman–Crippen MR) is 92.2 cm³/mol. The maximum Gasteiger partial charge on any atom is 0.255 e. The molecule has 5 heteroatoms. The molecule has 0 saturated carbocycles. The van der Waals surface area contributed by atoms with E-state index in [0.29, 0.717) is 11.4 Å². The van der Waals surface area contributed by atoms with Crippen LogP contribution < -0.4 is 10.6 Å². The highest BCUT2D eigenvalue weighted by Crippen LogP contribution is 2.11. The predicted octanol–water partition coefficient (Wildman–Crippen LogP) is 3.56. The highest BCUT2D eigenvalue weighted by atomic mass is 32.2. The fourth-order valence-corrected chi connectivity index (χ4v) is 2.49. The van der Waals surface area contributed by atoms with Crippen molar-refractivity contribution in [2.45, 2.75) is 39.0 Å². The number of anilines is 1. The molecule has 0 fully saturated rings. The van der Waals surface area contributed by atoms with Gasteiger partial charge in [0.25, 0.3) is 5.91 Å². The summed E-state index contributed by atoms with van der Waals surface area (Å²) in [5.41, 5.74) is 0.633. The monoisotopic (exact) mass is 309 g/mol. The molecule has 1 amide bonds. The van der Waals surface area contributed by atoms with Crippen molar-refractivity contribution < 1.29 is 4.79 Å². The first-order chi connectivity index (χ1) is 10.3. The van der Waals surface area contributed by atoms with Gasteiger partial charge in [0, 0.05) is 19.3 Å². The zero-order valence-electron chi connectivity index (χ0n) is 13.2. The SMILES string of the molecule is CCCNc1ncccc1C(=O)NCCCCCCSC.